The molecule has 0 aliphatic carbocycles. The first-order valence-corrected chi connectivity index (χ1v) is 6.58. The van der Waals surface area contributed by atoms with Crippen LogP contribution in [-0.4, -0.2) is 47.2 Å². The highest BCUT2D eigenvalue weighted by atomic mass is 32.1. The lowest BCUT2D eigenvalue weighted by atomic mass is 9.76. The first-order chi connectivity index (χ1) is 8.47. The second kappa shape index (κ2) is 4.70. The van der Waals surface area contributed by atoms with E-state index in [0.717, 1.165) is 0 Å². The largest absolute Gasteiger partial charge is 0.481 e. The molecule has 0 saturated carbocycles. The lowest BCUT2D eigenvalue weighted by Gasteiger charge is -2.37. The highest BCUT2D eigenvalue weighted by Gasteiger charge is 2.45. The van der Waals surface area contributed by atoms with Gasteiger partial charge in [0.1, 0.15) is 5.41 Å². The van der Waals surface area contributed by atoms with Gasteiger partial charge in [-0.1, -0.05) is 0 Å². The summed E-state index contributed by atoms with van der Waals surface area (Å²) in [5.74, 6) is -1.97. The molecule has 1 aliphatic heterocycles. The highest BCUT2D eigenvalue weighted by Crippen LogP contribution is 2.40. The van der Waals surface area contributed by atoms with Crippen LogP contribution >= 0.6 is 11.3 Å². The van der Waals surface area contributed by atoms with Gasteiger partial charge < -0.3 is 15.1 Å². The van der Waals surface area contributed by atoms with Gasteiger partial charge >= 0.3 is 11.9 Å². The maximum absolute atomic E-state index is 11.7. The zero-order valence-electron chi connectivity index (χ0n) is 10.0. The molecule has 0 unspecified atom stereocenters. The fraction of sp³-hybridized carbons (Fsp3) is 0.500. The van der Waals surface area contributed by atoms with Crippen LogP contribution < -0.4 is 0 Å². The van der Waals surface area contributed by atoms with Gasteiger partial charge in [0.05, 0.1) is 5.56 Å². The second-order valence-corrected chi connectivity index (χ2v) is 5.58. The molecule has 2 N–H and O–H groups in total. The maximum atomic E-state index is 11.7. The molecule has 2 rings (SSSR count). The lowest BCUT2D eigenvalue weighted by molar-refractivity contribution is -0.145. The number of piperidine rings is 1. The zero-order valence-corrected chi connectivity index (χ0v) is 10.9. The molecule has 1 aromatic heterocycles. The van der Waals surface area contributed by atoms with Gasteiger partial charge in [-0.05, 0) is 44.4 Å². The highest BCUT2D eigenvalue weighted by molar-refractivity contribution is 7.10. The van der Waals surface area contributed by atoms with E-state index in [1.165, 1.54) is 17.4 Å². The fourth-order valence-corrected chi connectivity index (χ4v) is 3.53. The monoisotopic (exact) mass is 269 g/mol. The van der Waals surface area contributed by atoms with Gasteiger partial charge in [0.2, 0.25) is 0 Å². The topological polar surface area (TPSA) is 77.8 Å². The molecule has 0 bridgehead atoms. The van der Waals surface area contributed by atoms with Crippen LogP contribution in [0.2, 0.25) is 0 Å². The quantitative estimate of drug-likeness (QED) is 0.869. The zero-order chi connectivity index (χ0) is 13.3. The number of nitrogens with zero attached hydrogens (tertiary/aromatic N) is 1. The third-order valence-corrected chi connectivity index (χ3v) is 4.70. The van der Waals surface area contributed by atoms with E-state index in [2.05, 4.69) is 4.90 Å². The van der Waals surface area contributed by atoms with Crippen LogP contribution in [0.3, 0.4) is 0 Å². The van der Waals surface area contributed by atoms with Crippen molar-refractivity contribution in [2.24, 2.45) is 0 Å². The summed E-state index contributed by atoms with van der Waals surface area (Å²) >= 11 is 1.23. The average molecular weight is 269 g/mol. The predicted molar refractivity (Wildman–Crippen MR) is 67.3 cm³/mol. The molecular weight excluding hydrogens is 254 g/mol. The number of hydrogen-bond acceptors (Lipinski definition) is 4. The number of likely N-dealkylation sites (tertiary alicyclic amines) is 1. The Labute approximate surface area is 109 Å². The summed E-state index contributed by atoms with van der Waals surface area (Å²) in [7, 11) is 1.94. The smallest absolute Gasteiger partial charge is 0.336 e. The van der Waals surface area contributed by atoms with Crippen LogP contribution in [0.1, 0.15) is 28.1 Å². The number of aliphatic carboxylic acids is 1. The van der Waals surface area contributed by atoms with E-state index in [4.69, 9.17) is 5.11 Å². The number of thiophene rings is 1. The molecule has 0 aromatic carbocycles. The summed E-state index contributed by atoms with van der Waals surface area (Å²) in [5.41, 5.74) is -0.902. The van der Waals surface area contributed by atoms with Gasteiger partial charge in [-0.2, -0.15) is 0 Å². The number of carboxylic acids is 2. The number of carboxylic acid groups (broad SMARTS) is 2. The fourth-order valence-electron chi connectivity index (χ4n) is 2.39. The molecular formula is C12H15NO4S. The average Bonchev–Trinajstić information content (AvgIpc) is 2.79. The Morgan fingerprint density at radius 2 is 1.94 bits per heavy atom. The van der Waals surface area contributed by atoms with Crippen molar-refractivity contribution in [1.82, 2.24) is 4.90 Å². The van der Waals surface area contributed by atoms with Gasteiger partial charge in [0.25, 0.3) is 0 Å². The minimum absolute atomic E-state index is 0.131. The molecule has 1 saturated heterocycles. The normalized spacial score (nSPS) is 19.6. The van der Waals surface area contributed by atoms with Crippen molar-refractivity contribution in [2.75, 3.05) is 20.1 Å². The molecule has 0 spiro atoms. The Balaban J connectivity index is 2.45. The Morgan fingerprint density at radius 1 is 1.33 bits per heavy atom. The Bertz CT molecular complexity index is 474. The SMILES string of the molecule is CN1CCC(C(=O)O)(c2sccc2C(=O)O)CC1. The molecule has 98 valence electrons. The maximum Gasteiger partial charge on any atom is 0.336 e. The van der Waals surface area contributed by atoms with E-state index >= 15 is 0 Å². The van der Waals surface area contributed by atoms with Gasteiger partial charge in [0.15, 0.2) is 0 Å². The van der Waals surface area contributed by atoms with Crippen molar-refractivity contribution in [1.29, 1.82) is 0 Å². The number of aromatic carboxylic acids is 1. The molecule has 0 radical (unpaired) electrons. The summed E-state index contributed by atoms with van der Waals surface area (Å²) in [6.45, 7) is 1.34. The second-order valence-electron chi connectivity index (χ2n) is 4.66. The van der Waals surface area contributed by atoms with Crippen LogP contribution in [0.5, 0.6) is 0 Å². The van der Waals surface area contributed by atoms with E-state index < -0.39 is 17.4 Å². The van der Waals surface area contributed by atoms with Gasteiger partial charge in [-0.25, -0.2) is 4.79 Å². The van der Waals surface area contributed by atoms with Crippen LogP contribution in [-0.2, 0) is 10.2 Å². The van der Waals surface area contributed by atoms with Crippen molar-refractivity contribution < 1.29 is 19.8 Å². The molecule has 1 aliphatic rings. The minimum atomic E-state index is -1.05. The summed E-state index contributed by atoms with van der Waals surface area (Å²) in [6.07, 6.45) is 0.916. The van der Waals surface area contributed by atoms with Crippen LogP contribution in [0, 0.1) is 0 Å². The molecule has 0 atom stereocenters. The van der Waals surface area contributed by atoms with Crippen LogP contribution in [0.4, 0.5) is 0 Å². The molecule has 5 nitrogen and oxygen atoms in total. The summed E-state index contributed by atoms with van der Waals surface area (Å²) in [6, 6.07) is 1.49. The van der Waals surface area contributed by atoms with Gasteiger partial charge in [-0.15, -0.1) is 11.3 Å². The first-order valence-electron chi connectivity index (χ1n) is 5.70. The van der Waals surface area contributed by atoms with Crippen LogP contribution in [0.25, 0.3) is 0 Å². The molecule has 2 heterocycles. The third kappa shape index (κ3) is 2.02. The number of rotatable bonds is 3. The molecule has 0 amide bonds. The molecule has 1 aromatic rings. The van der Waals surface area contributed by atoms with Crippen molar-refractivity contribution in [3.63, 3.8) is 0 Å². The Morgan fingerprint density at radius 3 is 2.44 bits per heavy atom. The molecule has 18 heavy (non-hydrogen) atoms. The van der Waals surface area contributed by atoms with E-state index in [1.54, 1.807) is 5.38 Å². The van der Waals surface area contributed by atoms with E-state index in [1.807, 2.05) is 7.05 Å². The van der Waals surface area contributed by atoms with E-state index in [-0.39, 0.29) is 5.56 Å². The van der Waals surface area contributed by atoms with Gasteiger partial charge in [0, 0.05) is 4.88 Å². The third-order valence-electron chi connectivity index (χ3n) is 3.58. The number of hydrogen-bond donors (Lipinski definition) is 2. The minimum Gasteiger partial charge on any atom is -0.481 e. The van der Waals surface area contributed by atoms with Crippen molar-refractivity contribution in [2.45, 2.75) is 18.3 Å². The summed E-state index contributed by atoms with van der Waals surface area (Å²) in [4.78, 5) is 25.4. The van der Waals surface area contributed by atoms with E-state index in [9.17, 15) is 14.7 Å². The Kier molecular flexibility index (Phi) is 3.41. The predicted octanol–water partition coefficient (Wildman–Crippen LogP) is 1.49. The van der Waals surface area contributed by atoms with Gasteiger partial charge in [-0.3, -0.25) is 4.79 Å². The van der Waals surface area contributed by atoms with Crippen molar-refractivity contribution in [3.05, 3.63) is 21.9 Å². The van der Waals surface area contributed by atoms with Crippen LogP contribution in [0.15, 0.2) is 11.4 Å². The number of carbonyl (C=O) groups is 2. The van der Waals surface area contributed by atoms with E-state index in [0.29, 0.717) is 30.8 Å². The van der Waals surface area contributed by atoms with Crippen molar-refractivity contribution in [3.8, 4) is 0 Å². The van der Waals surface area contributed by atoms with Crippen molar-refractivity contribution >= 4 is 23.3 Å². The summed E-state index contributed by atoms with van der Waals surface area (Å²) < 4.78 is 0. The summed E-state index contributed by atoms with van der Waals surface area (Å²) in [5, 5.41) is 20.3. The molecule has 6 heteroatoms. The first kappa shape index (κ1) is 13.0. The molecule has 1 fully saturated rings. The lowest BCUT2D eigenvalue weighted by Crippen LogP contribution is -2.46. The standard InChI is InChI=1S/C12H15NO4S/c1-13-5-3-12(4-6-13,11(16)17)9-8(10(14)15)2-7-18-9/h2,7H,3-6H2,1H3,(H,14,15)(H,16,17). The Hall–Kier alpha value is -1.40.